The molecule has 1 aromatic carbocycles. The van der Waals surface area contributed by atoms with E-state index in [0.717, 1.165) is 11.3 Å². The standard InChI is InChI=1S/C17H18BClFN3O3S/c1-17(2,3)26-16(25)23-15-22-12(7-18)13(27-15)14(24)21-8-9-4-5-10(20)6-11(9)19/h4-6H,7-8H2,1-3H3,(H,21,24)(H,22,23,25). The van der Waals surface area contributed by atoms with Gasteiger partial charge in [0.1, 0.15) is 16.3 Å². The van der Waals surface area contributed by atoms with Crippen LogP contribution in [0.25, 0.3) is 0 Å². The number of halogens is 2. The molecule has 0 aliphatic heterocycles. The first-order valence-corrected chi connectivity index (χ1v) is 9.20. The lowest BCUT2D eigenvalue weighted by Gasteiger charge is -2.18. The molecule has 142 valence electrons. The summed E-state index contributed by atoms with van der Waals surface area (Å²) >= 11 is 6.93. The van der Waals surface area contributed by atoms with Crippen LogP contribution in [0, 0.1) is 5.82 Å². The Morgan fingerprint density at radius 3 is 2.67 bits per heavy atom. The second-order valence-corrected chi connectivity index (χ2v) is 7.95. The van der Waals surface area contributed by atoms with Crippen LogP contribution in [0.4, 0.5) is 14.3 Å². The minimum absolute atomic E-state index is 0.0204. The second kappa shape index (κ2) is 8.71. The normalized spacial score (nSPS) is 11.1. The number of carbonyl (C=O) groups is 2. The molecule has 0 unspecified atom stereocenters. The number of anilines is 1. The molecule has 0 spiro atoms. The largest absolute Gasteiger partial charge is 0.444 e. The molecule has 0 atom stereocenters. The Bertz CT molecular complexity index is 854. The first-order valence-electron chi connectivity index (χ1n) is 8.01. The lowest BCUT2D eigenvalue weighted by atomic mass is 10.0. The maximum atomic E-state index is 13.1. The third-order valence-electron chi connectivity index (χ3n) is 3.16. The van der Waals surface area contributed by atoms with Crippen molar-refractivity contribution in [3.8, 4) is 0 Å². The summed E-state index contributed by atoms with van der Waals surface area (Å²) in [5.74, 6) is -0.883. The Kier molecular flexibility index (Phi) is 6.83. The van der Waals surface area contributed by atoms with Gasteiger partial charge in [-0.25, -0.2) is 14.2 Å². The molecule has 2 aromatic rings. The van der Waals surface area contributed by atoms with E-state index in [2.05, 4.69) is 15.6 Å². The van der Waals surface area contributed by atoms with Crippen molar-refractivity contribution in [2.75, 3.05) is 5.32 Å². The Hall–Kier alpha value is -2.13. The maximum Gasteiger partial charge on any atom is 0.413 e. The average Bonchev–Trinajstić information content (AvgIpc) is 2.94. The molecule has 0 aliphatic carbocycles. The van der Waals surface area contributed by atoms with Gasteiger partial charge in [-0.15, -0.1) is 0 Å². The van der Waals surface area contributed by atoms with Crippen LogP contribution in [-0.4, -0.2) is 30.4 Å². The summed E-state index contributed by atoms with van der Waals surface area (Å²) in [5, 5.41) is 5.58. The van der Waals surface area contributed by atoms with Crippen molar-refractivity contribution >= 4 is 47.9 Å². The molecule has 0 fully saturated rings. The van der Waals surface area contributed by atoms with Crippen LogP contribution in [0.2, 0.25) is 5.02 Å². The third kappa shape index (κ3) is 6.21. The van der Waals surface area contributed by atoms with Crippen molar-refractivity contribution in [3.63, 3.8) is 0 Å². The third-order valence-corrected chi connectivity index (χ3v) is 4.52. The van der Waals surface area contributed by atoms with E-state index in [1.807, 2.05) is 0 Å². The SMILES string of the molecule is [B]Cc1nc(NC(=O)OC(C)(C)C)sc1C(=O)NCc1ccc(F)cc1Cl. The summed E-state index contributed by atoms with van der Waals surface area (Å²) in [4.78, 5) is 28.7. The maximum absolute atomic E-state index is 13.1. The van der Waals surface area contributed by atoms with Crippen LogP contribution < -0.4 is 10.6 Å². The summed E-state index contributed by atoms with van der Waals surface area (Å²) in [7, 11) is 5.64. The van der Waals surface area contributed by atoms with Crippen LogP contribution in [0.1, 0.15) is 41.7 Å². The van der Waals surface area contributed by atoms with E-state index in [0.29, 0.717) is 11.3 Å². The highest BCUT2D eigenvalue weighted by atomic mass is 35.5. The van der Waals surface area contributed by atoms with Gasteiger partial charge in [0.2, 0.25) is 0 Å². The Labute approximate surface area is 166 Å². The molecule has 0 saturated carbocycles. The minimum atomic E-state index is -0.676. The quantitative estimate of drug-likeness (QED) is 0.734. The number of rotatable bonds is 5. The number of thiazole rings is 1. The molecule has 0 aliphatic rings. The zero-order valence-corrected chi connectivity index (χ0v) is 16.6. The first kappa shape index (κ1) is 21.2. The Morgan fingerprint density at radius 2 is 2.07 bits per heavy atom. The molecule has 2 N–H and O–H groups in total. The summed E-state index contributed by atoms with van der Waals surface area (Å²) < 4.78 is 18.2. The number of amides is 2. The topological polar surface area (TPSA) is 80.3 Å². The molecule has 0 bridgehead atoms. The lowest BCUT2D eigenvalue weighted by Crippen LogP contribution is -2.27. The van der Waals surface area contributed by atoms with Crippen molar-refractivity contribution < 1.29 is 18.7 Å². The number of nitrogens with zero attached hydrogens (tertiary/aromatic N) is 1. The fraction of sp³-hybridized carbons (Fsp3) is 0.353. The van der Waals surface area contributed by atoms with Crippen LogP contribution in [0.5, 0.6) is 0 Å². The molecular formula is C17H18BClFN3O3S. The van der Waals surface area contributed by atoms with Crippen molar-refractivity contribution in [2.45, 2.75) is 39.2 Å². The molecule has 2 radical (unpaired) electrons. The number of hydrogen-bond donors (Lipinski definition) is 2. The fourth-order valence-corrected chi connectivity index (χ4v) is 3.16. The highest BCUT2D eigenvalue weighted by Crippen LogP contribution is 2.24. The van der Waals surface area contributed by atoms with Gasteiger partial charge in [0.05, 0.1) is 13.5 Å². The molecule has 1 aromatic heterocycles. The number of benzene rings is 1. The van der Waals surface area contributed by atoms with Gasteiger partial charge in [0.15, 0.2) is 5.13 Å². The highest BCUT2D eigenvalue weighted by molar-refractivity contribution is 7.17. The van der Waals surface area contributed by atoms with Crippen LogP contribution >= 0.6 is 22.9 Å². The molecule has 2 rings (SSSR count). The summed E-state index contributed by atoms with van der Waals surface area (Å²) in [6.07, 6.45) is -0.656. The molecule has 10 heteroatoms. The van der Waals surface area contributed by atoms with Crippen molar-refractivity contribution in [1.29, 1.82) is 0 Å². The summed E-state index contributed by atoms with van der Waals surface area (Å²) in [5.41, 5.74) is 0.248. The Morgan fingerprint density at radius 1 is 1.37 bits per heavy atom. The number of aromatic nitrogens is 1. The van der Waals surface area contributed by atoms with Gasteiger partial charge in [-0.05, 0) is 44.8 Å². The number of carbonyl (C=O) groups excluding carboxylic acids is 2. The predicted octanol–water partition coefficient (Wildman–Crippen LogP) is 3.88. The van der Waals surface area contributed by atoms with Gasteiger partial charge in [-0.3, -0.25) is 10.1 Å². The van der Waals surface area contributed by atoms with Crippen LogP contribution in [0.15, 0.2) is 18.2 Å². The van der Waals surface area contributed by atoms with Crippen molar-refractivity contribution in [2.24, 2.45) is 0 Å². The molecule has 2 amide bonds. The Balaban J connectivity index is 2.07. The second-order valence-electron chi connectivity index (χ2n) is 6.54. The molecule has 1 heterocycles. The number of nitrogens with one attached hydrogen (secondary N) is 2. The fourth-order valence-electron chi connectivity index (χ4n) is 2.03. The van der Waals surface area contributed by atoms with E-state index in [1.54, 1.807) is 20.8 Å². The first-order chi connectivity index (χ1) is 12.6. The zero-order valence-electron chi connectivity index (χ0n) is 15.1. The predicted molar refractivity (Wildman–Crippen MR) is 104 cm³/mol. The van der Waals surface area contributed by atoms with Crippen LogP contribution in [0.3, 0.4) is 0 Å². The molecular weight excluding hydrogens is 392 g/mol. The minimum Gasteiger partial charge on any atom is -0.444 e. The summed E-state index contributed by atoms with van der Waals surface area (Å²) in [6, 6.07) is 3.92. The van der Waals surface area contributed by atoms with Crippen molar-refractivity contribution in [3.05, 3.63) is 45.2 Å². The number of ether oxygens (including phenoxy) is 1. The van der Waals surface area contributed by atoms with Gasteiger partial charge >= 0.3 is 6.09 Å². The van der Waals surface area contributed by atoms with Gasteiger partial charge in [0, 0.05) is 11.6 Å². The lowest BCUT2D eigenvalue weighted by molar-refractivity contribution is 0.0635. The zero-order chi connectivity index (χ0) is 20.2. The monoisotopic (exact) mass is 409 g/mol. The average molecular weight is 410 g/mol. The molecule has 6 nitrogen and oxygen atoms in total. The number of hydrogen-bond acceptors (Lipinski definition) is 5. The smallest absolute Gasteiger partial charge is 0.413 e. The van der Waals surface area contributed by atoms with E-state index >= 15 is 0 Å². The molecule has 0 saturated heterocycles. The van der Waals surface area contributed by atoms with E-state index in [4.69, 9.17) is 24.2 Å². The van der Waals surface area contributed by atoms with Gasteiger partial charge < -0.3 is 10.1 Å². The summed E-state index contributed by atoms with van der Waals surface area (Å²) in [6.45, 7) is 5.31. The van der Waals surface area contributed by atoms with E-state index in [1.165, 1.54) is 18.2 Å². The van der Waals surface area contributed by atoms with E-state index < -0.39 is 23.4 Å². The van der Waals surface area contributed by atoms with Gasteiger partial charge in [-0.1, -0.05) is 29.0 Å². The van der Waals surface area contributed by atoms with E-state index in [9.17, 15) is 14.0 Å². The van der Waals surface area contributed by atoms with Gasteiger partial charge in [-0.2, -0.15) is 0 Å². The highest BCUT2D eigenvalue weighted by Gasteiger charge is 2.21. The molecule has 27 heavy (non-hydrogen) atoms. The van der Waals surface area contributed by atoms with Gasteiger partial charge in [0.25, 0.3) is 5.91 Å². The van der Waals surface area contributed by atoms with Crippen LogP contribution in [-0.2, 0) is 17.6 Å². The van der Waals surface area contributed by atoms with Crippen molar-refractivity contribution in [1.82, 2.24) is 10.3 Å². The van der Waals surface area contributed by atoms with E-state index in [-0.39, 0.29) is 27.9 Å².